The molecule has 0 aliphatic carbocycles. The number of amidine groups is 1. The second-order valence-electron chi connectivity index (χ2n) is 15.5. The number of benzene rings is 6. The summed E-state index contributed by atoms with van der Waals surface area (Å²) in [6.07, 6.45) is 1.99. The van der Waals surface area contributed by atoms with Gasteiger partial charge in [0.1, 0.15) is 11.7 Å². The van der Waals surface area contributed by atoms with Crippen LogP contribution in [0.2, 0.25) is 0 Å². The second kappa shape index (κ2) is 16.5. The van der Waals surface area contributed by atoms with Crippen molar-refractivity contribution >= 4 is 62.5 Å². The van der Waals surface area contributed by atoms with Crippen LogP contribution in [0.15, 0.2) is 193 Å². The number of pyridine rings is 2. The van der Waals surface area contributed by atoms with Crippen molar-refractivity contribution in [2.45, 2.75) is 13.8 Å². The monoisotopic (exact) mass is 816 g/mol. The van der Waals surface area contributed by atoms with Crippen LogP contribution in [0.25, 0.3) is 61.4 Å². The second-order valence-corrected chi connectivity index (χ2v) is 15.5. The summed E-state index contributed by atoms with van der Waals surface area (Å²) >= 11 is 0. The Balaban J connectivity index is 1.24. The van der Waals surface area contributed by atoms with Gasteiger partial charge in [-0.1, -0.05) is 146 Å². The fraction of sp³-hybridized carbons (Fsp3) is 0.0364. The molecule has 6 aromatic carbocycles. The summed E-state index contributed by atoms with van der Waals surface area (Å²) in [5.41, 5.74) is 11.8. The number of anilines is 1. The molecular weight excluding hydrogens is 777 g/mol. The van der Waals surface area contributed by atoms with Gasteiger partial charge in [0, 0.05) is 33.0 Å². The Hall–Kier alpha value is -8.49. The average Bonchev–Trinajstić information content (AvgIpc) is 3.86. The van der Waals surface area contributed by atoms with Gasteiger partial charge in [-0.25, -0.2) is 15.0 Å². The van der Waals surface area contributed by atoms with E-state index in [9.17, 15) is 9.59 Å². The molecule has 3 aromatic heterocycles. The van der Waals surface area contributed by atoms with Crippen molar-refractivity contribution in [3.8, 4) is 22.4 Å². The van der Waals surface area contributed by atoms with E-state index >= 15 is 0 Å². The van der Waals surface area contributed by atoms with Gasteiger partial charge in [-0.15, -0.1) is 0 Å². The van der Waals surface area contributed by atoms with Crippen molar-refractivity contribution in [2.75, 3.05) is 5.32 Å². The molecule has 1 aliphatic rings. The molecule has 0 saturated carbocycles. The van der Waals surface area contributed by atoms with Crippen LogP contribution < -0.4 is 10.6 Å². The SMILES string of the molecule is Cc1ccccc1C(=O)NC1=NC(=Cc2[nH]c(NC(=O)c3ccccc3C)c(-c3ccc4ccccc4n3)c2-c2ccccc2)C(c2ccccc2)=C1c1ccc2ccccc2n1. The number of aromatic amines is 1. The molecule has 8 nitrogen and oxygen atoms in total. The molecule has 1 aliphatic heterocycles. The maximum absolute atomic E-state index is 14.2. The van der Waals surface area contributed by atoms with Crippen molar-refractivity contribution in [3.63, 3.8) is 0 Å². The summed E-state index contributed by atoms with van der Waals surface area (Å²) in [5, 5.41) is 8.44. The minimum absolute atomic E-state index is 0.259. The lowest BCUT2D eigenvalue weighted by Crippen LogP contribution is -2.31. The maximum Gasteiger partial charge on any atom is 0.257 e. The zero-order chi connectivity index (χ0) is 42.9. The number of aromatic nitrogens is 3. The molecule has 0 fully saturated rings. The molecule has 302 valence electrons. The first-order chi connectivity index (χ1) is 30.9. The number of carbonyl (C=O) groups excluding carboxylic acids is 2. The quantitative estimate of drug-likeness (QED) is 0.142. The highest BCUT2D eigenvalue weighted by Gasteiger charge is 2.31. The van der Waals surface area contributed by atoms with Gasteiger partial charge in [-0.3, -0.25) is 9.59 Å². The standard InChI is InChI=1S/C55H40N6O2/c1-34-17-9-13-25-40(34)54(62)60-52-50(44-31-29-36-19-11-15-27-42(36)56-44)48(38-21-5-3-6-22-38)46(58-52)33-47-49(39-23-7-4-8-24-39)51(45-32-30-37-20-12-16-28-43(37)57-45)53(59-47)61-55(63)41-26-14-10-18-35(41)2/h3-33,58H,1-2H3,(H,60,62)(H,59,61,63). The number of rotatable bonds is 8. The van der Waals surface area contributed by atoms with Crippen LogP contribution in [0.5, 0.6) is 0 Å². The molecule has 0 bridgehead atoms. The van der Waals surface area contributed by atoms with Crippen molar-refractivity contribution < 1.29 is 9.59 Å². The largest absolute Gasteiger partial charge is 0.341 e. The van der Waals surface area contributed by atoms with Crippen LogP contribution in [0.3, 0.4) is 0 Å². The number of para-hydroxylation sites is 2. The van der Waals surface area contributed by atoms with E-state index in [4.69, 9.17) is 15.0 Å². The third-order valence-corrected chi connectivity index (χ3v) is 11.4. The summed E-state index contributed by atoms with van der Waals surface area (Å²) in [6.45, 7) is 3.84. The van der Waals surface area contributed by atoms with Gasteiger partial charge in [0.2, 0.25) is 0 Å². The lowest BCUT2D eigenvalue weighted by Gasteiger charge is -2.13. The van der Waals surface area contributed by atoms with E-state index in [2.05, 4.69) is 15.6 Å². The fourth-order valence-corrected chi connectivity index (χ4v) is 8.26. The normalized spacial score (nSPS) is 13.1. The van der Waals surface area contributed by atoms with Gasteiger partial charge in [-0.2, -0.15) is 0 Å². The average molecular weight is 817 g/mol. The molecule has 9 aromatic rings. The molecule has 2 amide bonds. The Morgan fingerprint density at radius 1 is 0.492 bits per heavy atom. The molecule has 63 heavy (non-hydrogen) atoms. The third-order valence-electron chi connectivity index (χ3n) is 11.4. The topological polar surface area (TPSA) is 112 Å². The van der Waals surface area contributed by atoms with Crippen LogP contribution in [0.4, 0.5) is 5.82 Å². The molecule has 0 saturated heterocycles. The number of hydrogen-bond donors (Lipinski definition) is 3. The Kier molecular flexibility index (Phi) is 10.1. The number of hydrogen-bond acceptors (Lipinski definition) is 5. The summed E-state index contributed by atoms with van der Waals surface area (Å²) in [7, 11) is 0. The van der Waals surface area contributed by atoms with Crippen LogP contribution in [-0.4, -0.2) is 32.6 Å². The zero-order valence-electron chi connectivity index (χ0n) is 34.6. The van der Waals surface area contributed by atoms with Gasteiger partial charge in [0.05, 0.1) is 44.9 Å². The zero-order valence-corrected chi connectivity index (χ0v) is 34.6. The van der Waals surface area contributed by atoms with E-state index in [1.807, 2.05) is 202 Å². The Labute approximate surface area is 364 Å². The first-order valence-electron chi connectivity index (χ1n) is 20.8. The Bertz CT molecular complexity index is 3350. The number of nitrogens with one attached hydrogen (secondary N) is 3. The van der Waals surface area contributed by atoms with Gasteiger partial charge >= 0.3 is 0 Å². The molecule has 0 radical (unpaired) electrons. The van der Waals surface area contributed by atoms with Crippen molar-refractivity contribution in [3.05, 3.63) is 227 Å². The van der Waals surface area contributed by atoms with E-state index in [1.165, 1.54) is 0 Å². The molecule has 4 heterocycles. The Morgan fingerprint density at radius 3 is 1.62 bits per heavy atom. The summed E-state index contributed by atoms with van der Waals surface area (Å²) in [6, 6.07) is 59.1. The number of carbonyl (C=O) groups is 2. The predicted molar refractivity (Wildman–Crippen MR) is 255 cm³/mol. The fourth-order valence-electron chi connectivity index (χ4n) is 8.26. The number of H-pyrrole nitrogens is 1. The highest BCUT2D eigenvalue weighted by atomic mass is 16.2. The minimum atomic E-state index is -0.283. The minimum Gasteiger partial charge on any atom is -0.341 e. The van der Waals surface area contributed by atoms with Crippen LogP contribution >= 0.6 is 0 Å². The third kappa shape index (κ3) is 7.51. The van der Waals surface area contributed by atoms with Crippen molar-refractivity contribution in [1.29, 1.82) is 0 Å². The number of aliphatic imine (C=N–C) groups is 1. The van der Waals surface area contributed by atoms with Crippen LogP contribution in [0.1, 0.15) is 48.8 Å². The molecule has 0 unspecified atom stereocenters. The maximum atomic E-state index is 14.2. The molecule has 0 spiro atoms. The van der Waals surface area contributed by atoms with E-state index in [-0.39, 0.29) is 11.8 Å². The first-order valence-corrected chi connectivity index (χ1v) is 20.8. The van der Waals surface area contributed by atoms with Gasteiger partial charge in [0.25, 0.3) is 11.8 Å². The number of amides is 2. The number of aryl methyl sites for hydroxylation is 2. The van der Waals surface area contributed by atoms with E-state index in [0.717, 1.165) is 60.8 Å². The van der Waals surface area contributed by atoms with E-state index in [0.29, 0.717) is 51.1 Å². The molecule has 3 N–H and O–H groups in total. The molecule has 10 rings (SSSR count). The lowest BCUT2D eigenvalue weighted by atomic mass is 9.94. The summed E-state index contributed by atoms with van der Waals surface area (Å²) in [5.74, 6) is 0.307. The van der Waals surface area contributed by atoms with E-state index < -0.39 is 0 Å². The van der Waals surface area contributed by atoms with Crippen molar-refractivity contribution in [2.24, 2.45) is 4.99 Å². The lowest BCUT2D eigenvalue weighted by molar-refractivity contribution is 0.0975. The van der Waals surface area contributed by atoms with Crippen LogP contribution in [-0.2, 0) is 0 Å². The molecular formula is C55H40N6O2. The highest BCUT2D eigenvalue weighted by Crippen LogP contribution is 2.45. The molecule has 8 heteroatoms. The van der Waals surface area contributed by atoms with Crippen molar-refractivity contribution in [1.82, 2.24) is 20.3 Å². The van der Waals surface area contributed by atoms with Gasteiger partial charge in [-0.05, 0) is 78.6 Å². The number of allylic oxidation sites excluding steroid dienone is 1. The number of fused-ring (bicyclic) bond motifs is 2. The Morgan fingerprint density at radius 2 is 1.00 bits per heavy atom. The van der Waals surface area contributed by atoms with Gasteiger partial charge < -0.3 is 15.6 Å². The van der Waals surface area contributed by atoms with E-state index in [1.54, 1.807) is 0 Å². The van der Waals surface area contributed by atoms with Crippen LogP contribution in [0, 0.1) is 13.8 Å². The highest BCUT2D eigenvalue weighted by molar-refractivity contribution is 6.38. The molecule has 0 atom stereocenters. The smallest absolute Gasteiger partial charge is 0.257 e. The summed E-state index contributed by atoms with van der Waals surface area (Å²) in [4.78, 5) is 47.7. The number of nitrogens with zero attached hydrogens (tertiary/aromatic N) is 3. The van der Waals surface area contributed by atoms with Gasteiger partial charge in [0.15, 0.2) is 0 Å². The predicted octanol–water partition coefficient (Wildman–Crippen LogP) is 12.1. The summed E-state index contributed by atoms with van der Waals surface area (Å²) < 4.78 is 0. The first kappa shape index (κ1) is 38.7.